The van der Waals surface area contributed by atoms with Crippen molar-refractivity contribution in [3.05, 3.63) is 23.8 Å². The molecule has 3 nitrogen and oxygen atoms in total. The second-order valence-corrected chi connectivity index (χ2v) is 5.56. The minimum Gasteiger partial charge on any atom is -0.507 e. The van der Waals surface area contributed by atoms with Gasteiger partial charge in [-0.25, -0.2) is 0 Å². The maximum absolute atomic E-state index is 10.0. The van der Waals surface area contributed by atoms with E-state index < -0.39 is 0 Å². The highest BCUT2D eigenvalue weighted by atomic mass is 16.3. The van der Waals surface area contributed by atoms with Gasteiger partial charge in [0.15, 0.2) is 0 Å². The molecule has 2 atom stereocenters. The molecule has 1 aliphatic rings. The van der Waals surface area contributed by atoms with Crippen molar-refractivity contribution >= 4 is 0 Å². The SMILES string of the molecule is CCCC1CCCCN1C(C)c1c(O)cccc1O. The van der Waals surface area contributed by atoms with Gasteiger partial charge in [0.25, 0.3) is 0 Å². The molecular weight excluding hydrogens is 238 g/mol. The highest BCUT2D eigenvalue weighted by Gasteiger charge is 2.29. The summed E-state index contributed by atoms with van der Waals surface area (Å²) in [6.45, 7) is 5.36. The molecular formula is C16H25NO2. The van der Waals surface area contributed by atoms with Crippen molar-refractivity contribution in [2.45, 2.75) is 58.0 Å². The fourth-order valence-corrected chi connectivity index (χ4v) is 3.31. The van der Waals surface area contributed by atoms with Gasteiger partial charge in [-0.2, -0.15) is 0 Å². The first-order valence-corrected chi connectivity index (χ1v) is 7.41. The number of phenols is 2. The van der Waals surface area contributed by atoms with Crippen LogP contribution in [0.15, 0.2) is 18.2 Å². The number of piperidine rings is 1. The van der Waals surface area contributed by atoms with Gasteiger partial charge < -0.3 is 10.2 Å². The Morgan fingerprint density at radius 3 is 2.58 bits per heavy atom. The number of rotatable bonds is 4. The highest BCUT2D eigenvalue weighted by molar-refractivity contribution is 5.45. The predicted octanol–water partition coefficient (Wildman–Crippen LogP) is 3.81. The Hall–Kier alpha value is -1.22. The molecule has 1 aromatic rings. The van der Waals surface area contributed by atoms with Crippen molar-refractivity contribution in [3.63, 3.8) is 0 Å². The monoisotopic (exact) mass is 263 g/mol. The Bertz CT molecular complexity index is 397. The van der Waals surface area contributed by atoms with Crippen molar-refractivity contribution in [1.29, 1.82) is 0 Å². The molecule has 0 aromatic heterocycles. The molecule has 19 heavy (non-hydrogen) atoms. The Kier molecular flexibility index (Phi) is 4.70. The van der Waals surface area contributed by atoms with Gasteiger partial charge in [-0.3, -0.25) is 4.90 Å². The molecule has 1 aliphatic heterocycles. The molecule has 1 saturated heterocycles. The van der Waals surface area contributed by atoms with Gasteiger partial charge in [0.05, 0.1) is 5.56 Å². The number of hydrogen-bond donors (Lipinski definition) is 2. The third-order valence-electron chi connectivity index (χ3n) is 4.27. The molecule has 0 saturated carbocycles. The first kappa shape index (κ1) is 14.2. The molecule has 106 valence electrons. The van der Waals surface area contributed by atoms with Crippen LogP contribution < -0.4 is 0 Å². The first-order valence-electron chi connectivity index (χ1n) is 7.41. The second-order valence-electron chi connectivity index (χ2n) is 5.56. The summed E-state index contributed by atoms with van der Waals surface area (Å²) in [6, 6.07) is 5.64. The minimum absolute atomic E-state index is 0.0676. The van der Waals surface area contributed by atoms with Gasteiger partial charge in [0, 0.05) is 12.1 Å². The lowest BCUT2D eigenvalue weighted by molar-refractivity contribution is 0.0937. The van der Waals surface area contributed by atoms with Crippen LogP contribution in [0.4, 0.5) is 0 Å². The molecule has 2 N–H and O–H groups in total. The third kappa shape index (κ3) is 3.03. The Morgan fingerprint density at radius 1 is 1.26 bits per heavy atom. The molecule has 0 amide bonds. The lowest BCUT2D eigenvalue weighted by Gasteiger charge is -2.40. The van der Waals surface area contributed by atoms with Crippen LogP contribution in [0.25, 0.3) is 0 Å². The fraction of sp³-hybridized carbons (Fsp3) is 0.625. The van der Waals surface area contributed by atoms with E-state index in [1.807, 2.05) is 0 Å². The largest absolute Gasteiger partial charge is 0.507 e. The zero-order valence-electron chi connectivity index (χ0n) is 12.0. The number of benzene rings is 1. The Balaban J connectivity index is 2.23. The maximum atomic E-state index is 10.0. The molecule has 0 bridgehead atoms. The standard InChI is InChI=1S/C16H25NO2/c1-3-7-13-8-4-5-11-17(13)12(2)16-14(18)9-6-10-15(16)19/h6,9-10,12-13,18-19H,3-5,7-8,11H2,1-2H3. The Labute approximate surface area is 115 Å². The van der Waals surface area contributed by atoms with Crippen molar-refractivity contribution in [2.75, 3.05) is 6.54 Å². The fourth-order valence-electron chi connectivity index (χ4n) is 3.31. The molecule has 0 radical (unpaired) electrons. The lowest BCUT2D eigenvalue weighted by atomic mass is 9.94. The van der Waals surface area contributed by atoms with Crippen LogP contribution in [-0.4, -0.2) is 27.7 Å². The summed E-state index contributed by atoms with van der Waals surface area (Å²) in [4.78, 5) is 2.45. The van der Waals surface area contributed by atoms with E-state index in [0.29, 0.717) is 11.6 Å². The zero-order chi connectivity index (χ0) is 13.8. The number of hydrogen-bond acceptors (Lipinski definition) is 3. The molecule has 1 aromatic carbocycles. The lowest BCUT2D eigenvalue weighted by Crippen LogP contribution is -2.41. The van der Waals surface area contributed by atoms with Crippen LogP contribution >= 0.6 is 0 Å². The smallest absolute Gasteiger partial charge is 0.124 e. The minimum atomic E-state index is 0.0676. The van der Waals surface area contributed by atoms with Crippen LogP contribution in [0.5, 0.6) is 11.5 Å². The molecule has 0 spiro atoms. The summed E-state index contributed by atoms with van der Waals surface area (Å²) in [5.74, 6) is 0.404. The summed E-state index contributed by atoms with van der Waals surface area (Å²) in [6.07, 6.45) is 6.10. The van der Waals surface area contributed by atoms with Crippen LogP contribution in [0, 0.1) is 0 Å². The van der Waals surface area contributed by atoms with E-state index in [1.54, 1.807) is 18.2 Å². The average molecular weight is 263 g/mol. The topological polar surface area (TPSA) is 43.7 Å². The number of aromatic hydroxyl groups is 2. The average Bonchev–Trinajstić information content (AvgIpc) is 2.39. The normalized spacial score (nSPS) is 22.3. The molecule has 3 heteroatoms. The maximum Gasteiger partial charge on any atom is 0.124 e. The molecule has 2 rings (SSSR count). The van der Waals surface area contributed by atoms with Crippen molar-refractivity contribution in [1.82, 2.24) is 4.90 Å². The number of phenolic OH excluding ortho intramolecular Hbond substituents is 2. The molecule has 1 fully saturated rings. The predicted molar refractivity (Wildman–Crippen MR) is 77.4 cm³/mol. The van der Waals surface area contributed by atoms with Crippen molar-refractivity contribution in [3.8, 4) is 11.5 Å². The van der Waals surface area contributed by atoms with Crippen LogP contribution in [0.3, 0.4) is 0 Å². The summed E-state index contributed by atoms with van der Waals surface area (Å²) < 4.78 is 0. The third-order valence-corrected chi connectivity index (χ3v) is 4.27. The number of likely N-dealkylation sites (tertiary alicyclic amines) is 1. The van der Waals surface area contributed by atoms with E-state index in [9.17, 15) is 10.2 Å². The van der Waals surface area contributed by atoms with Gasteiger partial charge in [0.2, 0.25) is 0 Å². The van der Waals surface area contributed by atoms with Gasteiger partial charge in [0.1, 0.15) is 11.5 Å². The van der Waals surface area contributed by atoms with Crippen molar-refractivity contribution in [2.24, 2.45) is 0 Å². The van der Waals surface area contributed by atoms with Crippen LogP contribution in [0.2, 0.25) is 0 Å². The van der Waals surface area contributed by atoms with Crippen molar-refractivity contribution < 1.29 is 10.2 Å². The van der Waals surface area contributed by atoms with E-state index in [4.69, 9.17) is 0 Å². The van der Waals surface area contributed by atoms with Crippen LogP contribution in [-0.2, 0) is 0 Å². The number of nitrogens with zero attached hydrogens (tertiary/aromatic N) is 1. The van der Waals surface area contributed by atoms with Gasteiger partial charge in [-0.1, -0.05) is 25.8 Å². The highest BCUT2D eigenvalue weighted by Crippen LogP contribution is 2.38. The second kappa shape index (κ2) is 6.29. The summed E-state index contributed by atoms with van der Waals surface area (Å²) in [5.41, 5.74) is 0.672. The van der Waals surface area contributed by atoms with E-state index in [-0.39, 0.29) is 17.5 Å². The van der Waals surface area contributed by atoms with Crippen LogP contribution in [0.1, 0.15) is 57.6 Å². The Morgan fingerprint density at radius 2 is 1.95 bits per heavy atom. The summed E-state index contributed by atoms with van der Waals surface area (Å²) in [5, 5.41) is 20.0. The molecule has 1 heterocycles. The summed E-state index contributed by atoms with van der Waals surface area (Å²) in [7, 11) is 0. The van der Waals surface area contributed by atoms with E-state index >= 15 is 0 Å². The quantitative estimate of drug-likeness (QED) is 0.868. The van der Waals surface area contributed by atoms with Gasteiger partial charge in [-0.05, 0) is 44.9 Å². The zero-order valence-corrected chi connectivity index (χ0v) is 12.0. The molecule has 0 aliphatic carbocycles. The van der Waals surface area contributed by atoms with Gasteiger partial charge in [-0.15, -0.1) is 0 Å². The summed E-state index contributed by atoms with van der Waals surface area (Å²) >= 11 is 0. The molecule has 2 unspecified atom stereocenters. The van der Waals surface area contributed by atoms with E-state index in [2.05, 4.69) is 18.7 Å². The van der Waals surface area contributed by atoms with E-state index in [0.717, 1.165) is 6.54 Å². The first-order chi connectivity index (χ1) is 9.15. The van der Waals surface area contributed by atoms with Gasteiger partial charge >= 0.3 is 0 Å². The van der Waals surface area contributed by atoms with E-state index in [1.165, 1.54) is 32.1 Å².